The lowest BCUT2D eigenvalue weighted by Gasteiger charge is -2.38. The molecule has 6 nitrogen and oxygen atoms in total. The molecule has 8 heteroatoms. The van der Waals surface area contributed by atoms with E-state index in [1.165, 1.54) is 32.6 Å². The van der Waals surface area contributed by atoms with E-state index >= 15 is 0 Å². The average molecular weight is 402 g/mol. The van der Waals surface area contributed by atoms with Crippen LogP contribution in [0.3, 0.4) is 0 Å². The van der Waals surface area contributed by atoms with Crippen molar-refractivity contribution in [1.29, 1.82) is 0 Å². The number of benzene rings is 1. The normalized spacial score (nSPS) is 23.0. The molecule has 2 rings (SSSR count). The minimum Gasteiger partial charge on any atom is -0.325 e. The van der Waals surface area contributed by atoms with Gasteiger partial charge in [0.2, 0.25) is 15.9 Å². The highest BCUT2D eigenvalue weighted by molar-refractivity contribution is 7.89. The smallest absolute Gasteiger partial charge is 0.244 e. The number of halogens is 1. The predicted octanol–water partition coefficient (Wildman–Crippen LogP) is 2.90. The molecule has 146 valence electrons. The second-order valence-electron chi connectivity index (χ2n) is 7.50. The highest BCUT2D eigenvalue weighted by Crippen LogP contribution is 2.27. The van der Waals surface area contributed by atoms with E-state index in [-0.39, 0.29) is 21.9 Å². The molecule has 1 aliphatic rings. The summed E-state index contributed by atoms with van der Waals surface area (Å²) in [5.41, 5.74) is 0.421. The monoisotopic (exact) mass is 401 g/mol. The molecule has 0 unspecified atom stereocenters. The maximum atomic E-state index is 12.7. The Labute approximate surface area is 161 Å². The van der Waals surface area contributed by atoms with Crippen molar-refractivity contribution in [2.45, 2.75) is 38.1 Å². The van der Waals surface area contributed by atoms with Gasteiger partial charge in [-0.3, -0.25) is 9.69 Å². The summed E-state index contributed by atoms with van der Waals surface area (Å²) in [5.74, 6) is 0.963. The number of amides is 1. The first kappa shape index (κ1) is 21.2. The highest BCUT2D eigenvalue weighted by atomic mass is 35.5. The van der Waals surface area contributed by atoms with Crippen LogP contribution in [0, 0.1) is 11.8 Å². The van der Waals surface area contributed by atoms with Gasteiger partial charge in [0, 0.05) is 32.9 Å². The van der Waals surface area contributed by atoms with Crippen LogP contribution in [0.5, 0.6) is 0 Å². The Morgan fingerprint density at radius 2 is 1.85 bits per heavy atom. The van der Waals surface area contributed by atoms with Gasteiger partial charge in [-0.25, -0.2) is 12.7 Å². The summed E-state index contributed by atoms with van der Waals surface area (Å²) in [7, 11) is -0.797. The van der Waals surface area contributed by atoms with Gasteiger partial charge in [0.05, 0.1) is 11.1 Å². The van der Waals surface area contributed by atoms with Gasteiger partial charge in [0.15, 0.2) is 0 Å². The third-order valence-electron chi connectivity index (χ3n) is 4.78. The largest absolute Gasteiger partial charge is 0.325 e. The van der Waals surface area contributed by atoms with Crippen LogP contribution in [0.1, 0.15) is 27.2 Å². The molecule has 1 amide bonds. The molecule has 1 aliphatic heterocycles. The van der Waals surface area contributed by atoms with Crippen LogP contribution in [0.4, 0.5) is 5.69 Å². The standard InChI is InChI=1S/C18H28ClN3O3S/c1-12-8-13(2)11-22(10-12)14(3)18(23)20-15-6-7-16(19)17(9-15)26(24,25)21(4)5/h6-7,9,12-14H,8,10-11H2,1-5H3,(H,20,23)/t12-,13-,14-/m1/s1. The molecule has 0 aromatic heterocycles. The summed E-state index contributed by atoms with van der Waals surface area (Å²) in [6.07, 6.45) is 1.17. The number of hydrogen-bond acceptors (Lipinski definition) is 4. The molecule has 0 aliphatic carbocycles. The second-order valence-corrected chi connectivity index (χ2v) is 10.0. The van der Waals surface area contributed by atoms with E-state index in [2.05, 4.69) is 24.1 Å². The number of piperidine rings is 1. The fourth-order valence-electron chi connectivity index (χ4n) is 3.42. The third kappa shape index (κ3) is 4.76. The van der Waals surface area contributed by atoms with Gasteiger partial charge in [0.1, 0.15) is 4.90 Å². The Kier molecular flexibility index (Phi) is 6.71. The Morgan fingerprint density at radius 1 is 1.27 bits per heavy atom. The van der Waals surface area contributed by atoms with E-state index in [0.29, 0.717) is 17.5 Å². The number of nitrogens with one attached hydrogen (secondary N) is 1. The van der Waals surface area contributed by atoms with Gasteiger partial charge in [0.25, 0.3) is 0 Å². The molecule has 1 saturated heterocycles. The summed E-state index contributed by atoms with van der Waals surface area (Å²) < 4.78 is 25.8. The highest BCUT2D eigenvalue weighted by Gasteiger charge is 2.29. The van der Waals surface area contributed by atoms with Gasteiger partial charge in [-0.1, -0.05) is 25.4 Å². The summed E-state index contributed by atoms with van der Waals surface area (Å²) in [4.78, 5) is 14.8. The van der Waals surface area contributed by atoms with Crippen LogP contribution < -0.4 is 5.32 Å². The Hall–Kier alpha value is -1.15. The molecular formula is C18H28ClN3O3S. The van der Waals surface area contributed by atoms with Crippen molar-refractivity contribution in [3.63, 3.8) is 0 Å². The average Bonchev–Trinajstić information content (AvgIpc) is 2.54. The lowest BCUT2D eigenvalue weighted by Crippen LogP contribution is -2.48. The number of anilines is 1. The first-order valence-electron chi connectivity index (χ1n) is 8.79. The quantitative estimate of drug-likeness (QED) is 0.823. The molecule has 1 fully saturated rings. The van der Waals surface area contributed by atoms with E-state index in [1.54, 1.807) is 6.07 Å². The molecule has 0 bridgehead atoms. The molecule has 1 N–H and O–H groups in total. The van der Waals surface area contributed by atoms with Crippen LogP contribution >= 0.6 is 11.6 Å². The summed E-state index contributed by atoms with van der Waals surface area (Å²) in [6.45, 7) is 8.06. The minimum absolute atomic E-state index is 0.0187. The lowest BCUT2D eigenvalue weighted by molar-refractivity contribution is -0.121. The predicted molar refractivity (Wildman–Crippen MR) is 105 cm³/mol. The summed E-state index contributed by atoms with van der Waals surface area (Å²) >= 11 is 6.05. The van der Waals surface area contributed by atoms with Gasteiger partial charge in [-0.2, -0.15) is 0 Å². The minimum atomic E-state index is -3.68. The van der Waals surface area contributed by atoms with E-state index in [4.69, 9.17) is 11.6 Å². The van der Waals surface area contributed by atoms with Crippen LogP contribution in [0.15, 0.2) is 23.1 Å². The Morgan fingerprint density at radius 3 is 2.38 bits per heavy atom. The van der Waals surface area contributed by atoms with Crippen molar-refractivity contribution in [3.05, 3.63) is 23.2 Å². The SMILES string of the molecule is C[C@@H]1C[C@@H](C)CN([C@H](C)C(=O)Nc2ccc(Cl)c(S(=O)(=O)N(C)C)c2)C1. The number of nitrogens with zero attached hydrogens (tertiary/aromatic N) is 2. The van der Waals surface area contributed by atoms with Gasteiger partial charge in [-0.05, 0) is 43.4 Å². The number of likely N-dealkylation sites (tertiary alicyclic amines) is 1. The van der Waals surface area contributed by atoms with Crippen LogP contribution in [-0.4, -0.2) is 56.8 Å². The van der Waals surface area contributed by atoms with E-state index in [0.717, 1.165) is 17.4 Å². The maximum Gasteiger partial charge on any atom is 0.244 e. The first-order chi connectivity index (χ1) is 12.0. The van der Waals surface area contributed by atoms with Crippen LogP contribution in [-0.2, 0) is 14.8 Å². The third-order valence-corrected chi connectivity index (χ3v) is 7.08. The zero-order valence-corrected chi connectivity index (χ0v) is 17.6. The van der Waals surface area contributed by atoms with Crippen molar-refractivity contribution in [3.8, 4) is 0 Å². The summed E-state index contributed by atoms with van der Waals surface area (Å²) in [6, 6.07) is 4.22. The number of hydrogen-bond donors (Lipinski definition) is 1. The van der Waals surface area contributed by atoms with Crippen molar-refractivity contribution in [2.75, 3.05) is 32.5 Å². The van der Waals surface area contributed by atoms with E-state index in [9.17, 15) is 13.2 Å². The fraction of sp³-hybridized carbons (Fsp3) is 0.611. The molecular weight excluding hydrogens is 374 g/mol. The van der Waals surface area contributed by atoms with E-state index < -0.39 is 10.0 Å². The van der Waals surface area contributed by atoms with Gasteiger partial charge >= 0.3 is 0 Å². The lowest BCUT2D eigenvalue weighted by atomic mass is 9.91. The molecule has 3 atom stereocenters. The van der Waals surface area contributed by atoms with Gasteiger partial charge < -0.3 is 5.32 Å². The molecule has 1 aromatic rings. The fourth-order valence-corrected chi connectivity index (χ4v) is 4.81. The molecule has 1 heterocycles. The maximum absolute atomic E-state index is 12.7. The Bertz CT molecular complexity index is 757. The van der Waals surface area contributed by atoms with E-state index in [1.807, 2.05) is 6.92 Å². The molecule has 1 aromatic carbocycles. The zero-order chi connectivity index (χ0) is 19.6. The zero-order valence-electron chi connectivity index (χ0n) is 16.0. The van der Waals surface area contributed by atoms with Crippen molar-refractivity contribution in [1.82, 2.24) is 9.21 Å². The molecule has 26 heavy (non-hydrogen) atoms. The van der Waals surface area contributed by atoms with Crippen LogP contribution in [0.25, 0.3) is 0 Å². The van der Waals surface area contributed by atoms with Crippen LogP contribution in [0.2, 0.25) is 5.02 Å². The number of carbonyl (C=O) groups excluding carboxylic acids is 1. The van der Waals surface area contributed by atoms with Crippen molar-refractivity contribution >= 4 is 33.2 Å². The topological polar surface area (TPSA) is 69.7 Å². The second kappa shape index (κ2) is 8.25. The molecule has 0 saturated carbocycles. The van der Waals surface area contributed by atoms with Crippen molar-refractivity contribution in [2.24, 2.45) is 11.8 Å². The number of rotatable bonds is 5. The molecule has 0 radical (unpaired) electrons. The summed E-state index contributed by atoms with van der Waals surface area (Å²) in [5, 5.41) is 2.95. The number of carbonyl (C=O) groups is 1. The van der Waals surface area contributed by atoms with Crippen molar-refractivity contribution < 1.29 is 13.2 Å². The Balaban J connectivity index is 2.16. The first-order valence-corrected chi connectivity index (χ1v) is 10.6. The molecule has 0 spiro atoms. The van der Waals surface area contributed by atoms with Gasteiger partial charge in [-0.15, -0.1) is 0 Å². The number of sulfonamides is 1.